The second-order valence-electron chi connectivity index (χ2n) is 3.73. The van der Waals surface area contributed by atoms with Gasteiger partial charge in [-0.2, -0.15) is 0 Å². The fourth-order valence-electron chi connectivity index (χ4n) is 1.14. The molecule has 0 fully saturated rings. The van der Waals surface area contributed by atoms with Crippen molar-refractivity contribution < 1.29 is 9.53 Å². The number of ether oxygens (including phenoxy) is 1. The van der Waals surface area contributed by atoms with Gasteiger partial charge in [0.25, 0.3) is 5.91 Å². The molecule has 1 heterocycles. The lowest BCUT2D eigenvalue weighted by molar-refractivity contribution is 0.0922. The molecule has 0 saturated carbocycles. The largest absolute Gasteiger partial charge is 0.375 e. The third kappa shape index (κ3) is 5.04. The molecular formula is C12H14Cl2N2O2. The number of rotatable bonds is 6. The Labute approximate surface area is 116 Å². The van der Waals surface area contributed by atoms with Crippen molar-refractivity contribution in [2.24, 2.45) is 0 Å². The summed E-state index contributed by atoms with van der Waals surface area (Å²) in [6.45, 7) is 6.82. The first-order valence-electron chi connectivity index (χ1n) is 5.33. The monoisotopic (exact) mass is 288 g/mol. The molecule has 0 aliphatic heterocycles. The molecule has 0 bridgehead atoms. The van der Waals surface area contributed by atoms with Crippen LogP contribution in [0.3, 0.4) is 0 Å². The summed E-state index contributed by atoms with van der Waals surface area (Å²) in [5.41, 5.74) is 1.05. The van der Waals surface area contributed by atoms with Gasteiger partial charge in [-0.05, 0) is 19.1 Å². The Morgan fingerprint density at radius 1 is 1.50 bits per heavy atom. The van der Waals surface area contributed by atoms with Crippen molar-refractivity contribution in [3.63, 3.8) is 0 Å². The highest BCUT2D eigenvalue weighted by Crippen LogP contribution is 2.16. The average Bonchev–Trinajstić information content (AvgIpc) is 2.31. The molecule has 6 heteroatoms. The summed E-state index contributed by atoms with van der Waals surface area (Å²) in [5, 5.41) is 3.13. The number of carbonyl (C=O) groups excluding carboxylic acids is 1. The molecule has 4 nitrogen and oxygen atoms in total. The number of hydrogen-bond acceptors (Lipinski definition) is 3. The molecule has 1 aromatic rings. The van der Waals surface area contributed by atoms with Crippen LogP contribution in [0.4, 0.5) is 0 Å². The molecule has 0 aliphatic rings. The number of nitrogens with zero attached hydrogens (tertiary/aromatic N) is 1. The van der Waals surface area contributed by atoms with Crippen LogP contribution in [0.1, 0.15) is 17.4 Å². The van der Waals surface area contributed by atoms with E-state index in [1.807, 2.05) is 6.92 Å². The fraction of sp³-hybridized carbons (Fsp3) is 0.333. The molecule has 0 atom stereocenters. The molecule has 98 valence electrons. The smallest absolute Gasteiger partial charge is 0.271 e. The number of hydrogen-bond donors (Lipinski definition) is 1. The van der Waals surface area contributed by atoms with E-state index in [0.29, 0.717) is 19.8 Å². The maximum absolute atomic E-state index is 11.7. The minimum Gasteiger partial charge on any atom is -0.375 e. The summed E-state index contributed by atoms with van der Waals surface area (Å²) >= 11 is 11.5. The summed E-state index contributed by atoms with van der Waals surface area (Å²) in [6.07, 6.45) is 0. The zero-order chi connectivity index (χ0) is 13.5. The normalized spacial score (nSPS) is 10.2. The molecular weight excluding hydrogens is 275 g/mol. The van der Waals surface area contributed by atoms with Gasteiger partial charge in [-0.3, -0.25) is 4.79 Å². The van der Waals surface area contributed by atoms with Crippen molar-refractivity contribution in [3.05, 3.63) is 40.2 Å². The highest BCUT2D eigenvalue weighted by Gasteiger charge is 2.12. The van der Waals surface area contributed by atoms with Crippen LogP contribution in [-0.2, 0) is 4.74 Å². The second-order valence-corrected chi connectivity index (χ2v) is 4.52. The van der Waals surface area contributed by atoms with Gasteiger partial charge in [0.2, 0.25) is 0 Å². The standard InChI is InChI=1S/C12H14Cl2N2O2/c1-8(2)7-18-6-5-15-12(17)11-9(13)3-4-10(14)16-11/h3-4H,1,5-7H2,2H3,(H,15,17). The lowest BCUT2D eigenvalue weighted by atomic mass is 10.3. The van der Waals surface area contributed by atoms with E-state index in [9.17, 15) is 4.79 Å². The lowest BCUT2D eigenvalue weighted by Crippen LogP contribution is -2.28. The SMILES string of the molecule is C=C(C)COCCNC(=O)c1nc(Cl)ccc1Cl. The molecule has 1 amide bonds. The Balaban J connectivity index is 2.41. The van der Waals surface area contributed by atoms with Crippen molar-refractivity contribution >= 4 is 29.1 Å². The van der Waals surface area contributed by atoms with Crippen LogP contribution in [0.25, 0.3) is 0 Å². The van der Waals surface area contributed by atoms with Gasteiger partial charge in [-0.25, -0.2) is 4.98 Å². The Hall–Kier alpha value is -1.10. The van der Waals surface area contributed by atoms with E-state index in [2.05, 4.69) is 16.9 Å². The van der Waals surface area contributed by atoms with E-state index in [0.717, 1.165) is 5.57 Å². The molecule has 0 unspecified atom stereocenters. The predicted molar refractivity (Wildman–Crippen MR) is 72.2 cm³/mol. The molecule has 0 aromatic carbocycles. The zero-order valence-corrected chi connectivity index (χ0v) is 11.5. The van der Waals surface area contributed by atoms with E-state index in [1.54, 1.807) is 0 Å². The van der Waals surface area contributed by atoms with Crippen LogP contribution < -0.4 is 5.32 Å². The Kier molecular flexibility index (Phi) is 6.12. The molecule has 1 N–H and O–H groups in total. The first-order chi connectivity index (χ1) is 8.50. The van der Waals surface area contributed by atoms with E-state index < -0.39 is 0 Å². The number of carbonyl (C=O) groups is 1. The Morgan fingerprint density at radius 3 is 2.89 bits per heavy atom. The number of halogens is 2. The molecule has 1 aromatic heterocycles. The molecule has 0 saturated heterocycles. The van der Waals surface area contributed by atoms with Crippen molar-refractivity contribution in [2.75, 3.05) is 19.8 Å². The zero-order valence-electron chi connectivity index (χ0n) is 10.0. The average molecular weight is 289 g/mol. The maximum Gasteiger partial charge on any atom is 0.271 e. The second kappa shape index (κ2) is 7.36. The number of nitrogens with one attached hydrogen (secondary N) is 1. The summed E-state index contributed by atoms with van der Waals surface area (Å²) in [4.78, 5) is 15.6. The highest BCUT2D eigenvalue weighted by molar-refractivity contribution is 6.34. The minimum absolute atomic E-state index is 0.115. The van der Waals surface area contributed by atoms with Crippen molar-refractivity contribution in [1.29, 1.82) is 0 Å². The fourth-order valence-corrected chi connectivity index (χ4v) is 1.48. The number of pyridine rings is 1. The first-order valence-corrected chi connectivity index (χ1v) is 6.08. The number of aromatic nitrogens is 1. The minimum atomic E-state index is -0.374. The maximum atomic E-state index is 11.7. The molecule has 18 heavy (non-hydrogen) atoms. The Bertz CT molecular complexity index is 450. The summed E-state index contributed by atoms with van der Waals surface area (Å²) in [7, 11) is 0. The number of amides is 1. The van der Waals surface area contributed by atoms with Crippen LogP contribution in [0.5, 0.6) is 0 Å². The van der Waals surface area contributed by atoms with Crippen LogP contribution in [0.15, 0.2) is 24.3 Å². The van der Waals surface area contributed by atoms with E-state index in [4.69, 9.17) is 27.9 Å². The lowest BCUT2D eigenvalue weighted by Gasteiger charge is -2.07. The van der Waals surface area contributed by atoms with Crippen LogP contribution in [-0.4, -0.2) is 30.6 Å². The van der Waals surface area contributed by atoms with Gasteiger partial charge in [-0.1, -0.05) is 35.4 Å². The summed E-state index contributed by atoms with van der Waals surface area (Å²) in [5.74, 6) is -0.374. The quantitative estimate of drug-likeness (QED) is 0.497. The van der Waals surface area contributed by atoms with Gasteiger partial charge in [0.1, 0.15) is 10.8 Å². The van der Waals surface area contributed by atoms with Gasteiger partial charge in [0.15, 0.2) is 0 Å². The Morgan fingerprint density at radius 2 is 2.22 bits per heavy atom. The van der Waals surface area contributed by atoms with Crippen LogP contribution in [0.2, 0.25) is 10.2 Å². The summed E-state index contributed by atoms with van der Waals surface area (Å²) in [6, 6.07) is 3.06. The molecule has 1 rings (SSSR count). The van der Waals surface area contributed by atoms with E-state index >= 15 is 0 Å². The molecule has 0 radical (unpaired) electrons. The predicted octanol–water partition coefficient (Wildman–Crippen LogP) is 2.71. The van der Waals surface area contributed by atoms with Crippen LogP contribution in [0, 0.1) is 0 Å². The summed E-state index contributed by atoms with van der Waals surface area (Å²) < 4.78 is 5.24. The third-order valence-electron chi connectivity index (χ3n) is 1.91. The van der Waals surface area contributed by atoms with Gasteiger partial charge < -0.3 is 10.1 Å². The van der Waals surface area contributed by atoms with Crippen molar-refractivity contribution in [2.45, 2.75) is 6.92 Å². The van der Waals surface area contributed by atoms with E-state index in [-0.39, 0.29) is 21.8 Å². The third-order valence-corrected chi connectivity index (χ3v) is 2.42. The first kappa shape index (κ1) is 15.0. The van der Waals surface area contributed by atoms with Gasteiger partial charge in [-0.15, -0.1) is 0 Å². The van der Waals surface area contributed by atoms with Crippen molar-refractivity contribution in [1.82, 2.24) is 10.3 Å². The van der Waals surface area contributed by atoms with Crippen LogP contribution >= 0.6 is 23.2 Å². The topological polar surface area (TPSA) is 51.2 Å². The van der Waals surface area contributed by atoms with Crippen molar-refractivity contribution in [3.8, 4) is 0 Å². The molecule has 0 aliphatic carbocycles. The van der Waals surface area contributed by atoms with Gasteiger partial charge in [0.05, 0.1) is 18.2 Å². The van der Waals surface area contributed by atoms with Gasteiger partial charge >= 0.3 is 0 Å². The van der Waals surface area contributed by atoms with E-state index in [1.165, 1.54) is 12.1 Å². The van der Waals surface area contributed by atoms with Gasteiger partial charge in [0, 0.05) is 6.54 Å². The highest BCUT2D eigenvalue weighted by atomic mass is 35.5. The molecule has 0 spiro atoms.